The summed E-state index contributed by atoms with van der Waals surface area (Å²) in [5, 5.41) is 1.05. The molecule has 102 valence electrons. The Labute approximate surface area is 111 Å². The molecule has 19 heavy (non-hydrogen) atoms. The van der Waals surface area contributed by atoms with Gasteiger partial charge in [0.1, 0.15) is 11.8 Å². The first-order valence-corrected chi connectivity index (χ1v) is 6.04. The highest BCUT2D eigenvalue weighted by Crippen LogP contribution is 2.27. The third kappa shape index (κ3) is 2.56. The predicted molar refractivity (Wildman–Crippen MR) is 73.3 cm³/mol. The maximum atomic E-state index is 11.4. The summed E-state index contributed by atoms with van der Waals surface area (Å²) in [5.74, 6) is 0.428. The number of benzene rings is 1. The number of H-pyrrole nitrogens is 1. The van der Waals surface area contributed by atoms with Crippen LogP contribution in [0.1, 0.15) is 11.1 Å². The van der Waals surface area contributed by atoms with E-state index in [0.29, 0.717) is 6.42 Å². The molecule has 5 nitrogen and oxygen atoms in total. The molecule has 0 spiro atoms. The van der Waals surface area contributed by atoms with E-state index >= 15 is 0 Å². The van der Waals surface area contributed by atoms with Gasteiger partial charge in [-0.1, -0.05) is 0 Å². The summed E-state index contributed by atoms with van der Waals surface area (Å²) in [6, 6.07) is 3.33. The van der Waals surface area contributed by atoms with Gasteiger partial charge in [-0.2, -0.15) is 0 Å². The Bertz CT molecular complexity index is 604. The number of nitrogens with one attached hydrogen (secondary N) is 1. The van der Waals surface area contributed by atoms with Gasteiger partial charge in [-0.05, 0) is 24.1 Å². The molecule has 5 heteroatoms. The Morgan fingerprint density at radius 2 is 2.16 bits per heavy atom. The molecule has 2 aromatic rings. The van der Waals surface area contributed by atoms with Gasteiger partial charge in [0.05, 0.1) is 14.2 Å². The number of esters is 1. The Hall–Kier alpha value is -2.01. The van der Waals surface area contributed by atoms with Gasteiger partial charge in [-0.3, -0.25) is 4.79 Å². The first-order chi connectivity index (χ1) is 9.06. The van der Waals surface area contributed by atoms with Gasteiger partial charge in [0, 0.05) is 29.6 Å². The molecule has 0 bridgehead atoms. The number of carbonyl (C=O) groups excluding carboxylic acids is 1. The minimum atomic E-state index is -0.647. The van der Waals surface area contributed by atoms with Gasteiger partial charge in [-0.15, -0.1) is 0 Å². The summed E-state index contributed by atoms with van der Waals surface area (Å²) in [7, 11) is 2.98. The summed E-state index contributed by atoms with van der Waals surface area (Å²) in [4.78, 5) is 14.5. The number of rotatable bonds is 4. The van der Waals surface area contributed by atoms with Crippen LogP contribution in [0.5, 0.6) is 5.75 Å². The molecule has 1 heterocycles. The van der Waals surface area contributed by atoms with Gasteiger partial charge >= 0.3 is 5.97 Å². The van der Waals surface area contributed by atoms with E-state index in [1.165, 1.54) is 7.11 Å². The van der Waals surface area contributed by atoms with Crippen molar-refractivity contribution in [1.82, 2.24) is 4.98 Å². The van der Waals surface area contributed by atoms with Crippen LogP contribution in [-0.2, 0) is 16.0 Å². The summed E-state index contributed by atoms with van der Waals surface area (Å²) in [6.45, 7) is 1.98. The first-order valence-electron chi connectivity index (χ1n) is 6.04. The van der Waals surface area contributed by atoms with E-state index in [2.05, 4.69) is 9.72 Å². The van der Waals surface area contributed by atoms with E-state index in [1.807, 2.05) is 25.3 Å². The van der Waals surface area contributed by atoms with Crippen LogP contribution in [-0.4, -0.2) is 31.2 Å². The molecule has 2 rings (SSSR count). The number of aryl methyl sites for hydroxylation is 1. The lowest BCUT2D eigenvalue weighted by Gasteiger charge is -2.09. The monoisotopic (exact) mass is 262 g/mol. The largest absolute Gasteiger partial charge is 0.496 e. The van der Waals surface area contributed by atoms with E-state index in [9.17, 15) is 4.79 Å². The molecule has 0 saturated carbocycles. The zero-order chi connectivity index (χ0) is 14.0. The first kappa shape index (κ1) is 13.4. The number of hydrogen-bond acceptors (Lipinski definition) is 4. The summed E-state index contributed by atoms with van der Waals surface area (Å²) in [5.41, 5.74) is 8.80. The maximum absolute atomic E-state index is 11.4. The minimum Gasteiger partial charge on any atom is -0.496 e. The normalized spacial score (nSPS) is 12.4. The molecular formula is C14H18N2O3. The Morgan fingerprint density at radius 1 is 1.42 bits per heavy atom. The van der Waals surface area contributed by atoms with Crippen LogP contribution >= 0.6 is 0 Å². The van der Waals surface area contributed by atoms with E-state index < -0.39 is 12.0 Å². The fraction of sp³-hybridized carbons (Fsp3) is 0.357. The van der Waals surface area contributed by atoms with Gasteiger partial charge in [0.2, 0.25) is 0 Å². The lowest BCUT2D eigenvalue weighted by molar-refractivity contribution is -0.142. The minimum absolute atomic E-state index is 0.403. The Balaban J connectivity index is 2.35. The number of methoxy groups -OCH3 is 2. The number of carbonyl (C=O) groups is 1. The molecule has 0 fully saturated rings. The standard InChI is InChI=1S/C14H18N2O3/c1-8-4-10-9(5-11(15)14(17)19-3)7-16-12(10)6-13(8)18-2/h4,6-7,11,16H,5,15H2,1-3H3/t11-/m0/s1. The van der Waals surface area contributed by atoms with Crippen molar-refractivity contribution < 1.29 is 14.3 Å². The van der Waals surface area contributed by atoms with Crippen molar-refractivity contribution in [1.29, 1.82) is 0 Å². The van der Waals surface area contributed by atoms with Gasteiger partial charge in [-0.25, -0.2) is 0 Å². The highest BCUT2D eigenvalue weighted by molar-refractivity contribution is 5.86. The molecule has 0 amide bonds. The van der Waals surface area contributed by atoms with Crippen LogP contribution in [0, 0.1) is 6.92 Å². The average Bonchev–Trinajstić information content (AvgIpc) is 2.79. The molecule has 1 atom stereocenters. The van der Waals surface area contributed by atoms with Gasteiger partial charge < -0.3 is 20.2 Å². The van der Waals surface area contributed by atoms with Crippen molar-refractivity contribution in [3.63, 3.8) is 0 Å². The lowest BCUT2D eigenvalue weighted by atomic mass is 10.0. The zero-order valence-corrected chi connectivity index (χ0v) is 11.3. The van der Waals surface area contributed by atoms with Crippen molar-refractivity contribution >= 4 is 16.9 Å². The van der Waals surface area contributed by atoms with Crippen molar-refractivity contribution in [3.05, 3.63) is 29.5 Å². The second-order valence-electron chi connectivity index (χ2n) is 4.52. The quantitative estimate of drug-likeness (QED) is 0.819. The van der Waals surface area contributed by atoms with Crippen molar-refractivity contribution in [2.45, 2.75) is 19.4 Å². The van der Waals surface area contributed by atoms with Crippen molar-refractivity contribution in [3.8, 4) is 5.75 Å². The molecule has 3 N–H and O–H groups in total. The smallest absolute Gasteiger partial charge is 0.322 e. The SMILES string of the molecule is COC(=O)[C@@H](N)Cc1c[nH]c2cc(OC)c(C)cc12. The summed E-state index contributed by atoms with van der Waals surface area (Å²) >= 11 is 0. The number of fused-ring (bicyclic) bond motifs is 1. The highest BCUT2D eigenvalue weighted by Gasteiger charge is 2.17. The zero-order valence-electron chi connectivity index (χ0n) is 11.3. The Morgan fingerprint density at radius 3 is 2.79 bits per heavy atom. The van der Waals surface area contributed by atoms with Crippen LogP contribution < -0.4 is 10.5 Å². The summed E-state index contributed by atoms with van der Waals surface area (Å²) in [6.07, 6.45) is 2.31. The molecule has 0 aliphatic rings. The molecule has 1 aromatic heterocycles. The Kier molecular flexibility index (Phi) is 3.76. The van der Waals surface area contributed by atoms with Crippen LogP contribution in [0.25, 0.3) is 10.9 Å². The molecule has 1 aromatic carbocycles. The number of aromatic amines is 1. The van der Waals surface area contributed by atoms with Crippen molar-refractivity contribution in [2.24, 2.45) is 5.73 Å². The fourth-order valence-electron chi connectivity index (χ4n) is 2.18. The number of nitrogens with two attached hydrogens (primary N) is 1. The topological polar surface area (TPSA) is 77.3 Å². The summed E-state index contributed by atoms with van der Waals surface area (Å²) < 4.78 is 9.92. The number of ether oxygens (including phenoxy) is 2. The second-order valence-corrected chi connectivity index (χ2v) is 4.52. The predicted octanol–water partition coefficient (Wildman–Crippen LogP) is 1.53. The van der Waals surface area contributed by atoms with Crippen LogP contribution in [0.4, 0.5) is 0 Å². The fourth-order valence-corrected chi connectivity index (χ4v) is 2.18. The van der Waals surface area contributed by atoms with Crippen LogP contribution in [0.2, 0.25) is 0 Å². The average molecular weight is 262 g/mol. The molecule has 0 saturated heterocycles. The van der Waals surface area contributed by atoms with Crippen LogP contribution in [0.15, 0.2) is 18.3 Å². The molecular weight excluding hydrogens is 244 g/mol. The molecule has 0 aliphatic carbocycles. The van der Waals surface area contributed by atoms with E-state index in [4.69, 9.17) is 10.5 Å². The third-order valence-corrected chi connectivity index (χ3v) is 3.23. The van der Waals surface area contributed by atoms with Crippen molar-refractivity contribution in [2.75, 3.05) is 14.2 Å². The van der Waals surface area contributed by atoms with Gasteiger partial charge in [0.15, 0.2) is 0 Å². The van der Waals surface area contributed by atoms with E-state index in [0.717, 1.165) is 27.8 Å². The number of aromatic nitrogens is 1. The van der Waals surface area contributed by atoms with Gasteiger partial charge in [0.25, 0.3) is 0 Å². The highest BCUT2D eigenvalue weighted by atomic mass is 16.5. The maximum Gasteiger partial charge on any atom is 0.322 e. The van der Waals surface area contributed by atoms with Crippen LogP contribution in [0.3, 0.4) is 0 Å². The molecule has 0 unspecified atom stereocenters. The molecule has 0 radical (unpaired) electrons. The number of hydrogen-bond donors (Lipinski definition) is 2. The molecule has 0 aliphatic heterocycles. The van der Waals surface area contributed by atoms with E-state index in [1.54, 1.807) is 7.11 Å². The third-order valence-electron chi connectivity index (χ3n) is 3.23. The lowest BCUT2D eigenvalue weighted by Crippen LogP contribution is -2.33. The van der Waals surface area contributed by atoms with E-state index in [-0.39, 0.29) is 0 Å². The second kappa shape index (κ2) is 5.32.